The Balaban J connectivity index is 2.18. The molecule has 0 radical (unpaired) electrons. The number of para-hydroxylation sites is 1. The van der Waals surface area contributed by atoms with E-state index in [0.717, 1.165) is 43.0 Å². The largest absolute Gasteiger partial charge is 0.493 e. The summed E-state index contributed by atoms with van der Waals surface area (Å²) in [5.74, 6) is 1.55. The van der Waals surface area contributed by atoms with E-state index in [9.17, 15) is 5.11 Å². The van der Waals surface area contributed by atoms with Crippen molar-refractivity contribution in [1.82, 2.24) is 4.90 Å². The number of ether oxygens (including phenoxy) is 2. The molecule has 2 rings (SSSR count). The van der Waals surface area contributed by atoms with Crippen LogP contribution in [0.1, 0.15) is 18.4 Å². The topological polar surface area (TPSA) is 41.9 Å². The van der Waals surface area contributed by atoms with Crippen molar-refractivity contribution in [2.24, 2.45) is 0 Å². The van der Waals surface area contributed by atoms with Gasteiger partial charge in [0.25, 0.3) is 0 Å². The van der Waals surface area contributed by atoms with Crippen molar-refractivity contribution in [2.75, 3.05) is 27.4 Å². The quantitative estimate of drug-likeness (QED) is 0.864. The van der Waals surface area contributed by atoms with Crippen LogP contribution in [0.4, 0.5) is 0 Å². The smallest absolute Gasteiger partial charge is 0.165 e. The molecule has 0 spiro atoms. The lowest BCUT2D eigenvalue weighted by Gasteiger charge is -2.24. The Bertz CT molecular complexity index is 395. The fourth-order valence-electron chi connectivity index (χ4n) is 2.61. The van der Waals surface area contributed by atoms with Crippen molar-refractivity contribution in [3.63, 3.8) is 0 Å². The van der Waals surface area contributed by atoms with Gasteiger partial charge in [-0.15, -0.1) is 0 Å². The van der Waals surface area contributed by atoms with Crippen molar-refractivity contribution in [2.45, 2.75) is 25.4 Å². The van der Waals surface area contributed by atoms with Gasteiger partial charge in [-0.05, 0) is 25.5 Å². The molecular weight excluding hydrogens is 230 g/mol. The number of aliphatic hydroxyl groups is 1. The number of aliphatic hydroxyl groups excluding tert-OH is 1. The summed E-state index contributed by atoms with van der Waals surface area (Å²) in [6.45, 7) is 2.06. The highest BCUT2D eigenvalue weighted by atomic mass is 16.5. The van der Waals surface area contributed by atoms with Crippen molar-refractivity contribution in [1.29, 1.82) is 0 Å². The fourth-order valence-corrected chi connectivity index (χ4v) is 2.61. The minimum atomic E-state index is 0.228. The monoisotopic (exact) mass is 251 g/mol. The summed E-state index contributed by atoms with van der Waals surface area (Å²) in [7, 11) is 3.31. The molecule has 0 bridgehead atoms. The van der Waals surface area contributed by atoms with Crippen LogP contribution in [-0.4, -0.2) is 43.4 Å². The second kappa shape index (κ2) is 6.07. The first kappa shape index (κ1) is 13.2. The molecule has 1 N–H and O–H groups in total. The molecule has 100 valence electrons. The zero-order valence-corrected chi connectivity index (χ0v) is 11.1. The van der Waals surface area contributed by atoms with Gasteiger partial charge in [-0.2, -0.15) is 0 Å². The molecule has 0 amide bonds. The zero-order valence-electron chi connectivity index (χ0n) is 11.1. The highest BCUT2D eigenvalue weighted by molar-refractivity contribution is 5.46. The Morgan fingerprint density at radius 3 is 2.83 bits per heavy atom. The molecule has 0 aliphatic carbocycles. The zero-order chi connectivity index (χ0) is 13.0. The van der Waals surface area contributed by atoms with E-state index in [0.29, 0.717) is 0 Å². The maximum Gasteiger partial charge on any atom is 0.165 e. The first-order valence-electron chi connectivity index (χ1n) is 6.35. The fraction of sp³-hybridized carbons (Fsp3) is 0.571. The number of nitrogens with zero attached hydrogens (tertiary/aromatic N) is 1. The van der Waals surface area contributed by atoms with Crippen LogP contribution in [0.2, 0.25) is 0 Å². The van der Waals surface area contributed by atoms with Crippen LogP contribution >= 0.6 is 0 Å². The SMILES string of the molecule is COc1cccc(CN2CCCC2CO)c1OC. The van der Waals surface area contributed by atoms with Gasteiger partial charge in [-0.3, -0.25) is 4.90 Å². The number of methoxy groups -OCH3 is 2. The van der Waals surface area contributed by atoms with Gasteiger partial charge < -0.3 is 14.6 Å². The first-order valence-corrected chi connectivity index (χ1v) is 6.35. The number of rotatable bonds is 5. The minimum absolute atomic E-state index is 0.228. The molecule has 1 atom stereocenters. The van der Waals surface area contributed by atoms with Crippen LogP contribution < -0.4 is 9.47 Å². The summed E-state index contributed by atoms with van der Waals surface area (Å²) < 4.78 is 10.7. The second-order valence-corrected chi connectivity index (χ2v) is 4.60. The molecule has 1 aromatic rings. The molecule has 1 saturated heterocycles. The normalized spacial score (nSPS) is 20.1. The van der Waals surface area contributed by atoms with E-state index in [2.05, 4.69) is 4.90 Å². The summed E-state index contributed by atoms with van der Waals surface area (Å²) in [4.78, 5) is 2.30. The lowest BCUT2D eigenvalue weighted by molar-refractivity contribution is 0.152. The molecule has 0 aromatic heterocycles. The Kier molecular flexibility index (Phi) is 4.44. The van der Waals surface area contributed by atoms with Gasteiger partial charge in [0.2, 0.25) is 0 Å². The van der Waals surface area contributed by atoms with Gasteiger partial charge in [-0.25, -0.2) is 0 Å². The number of benzene rings is 1. The van der Waals surface area contributed by atoms with E-state index in [1.54, 1.807) is 14.2 Å². The third-order valence-electron chi connectivity index (χ3n) is 3.57. The molecule has 1 aromatic carbocycles. The van der Waals surface area contributed by atoms with Crippen LogP contribution in [0.5, 0.6) is 11.5 Å². The van der Waals surface area contributed by atoms with Gasteiger partial charge in [-0.1, -0.05) is 12.1 Å². The molecule has 1 aliphatic heterocycles. The highest BCUT2D eigenvalue weighted by Gasteiger charge is 2.25. The number of likely N-dealkylation sites (tertiary alicyclic amines) is 1. The second-order valence-electron chi connectivity index (χ2n) is 4.60. The van der Waals surface area contributed by atoms with Crippen LogP contribution in [-0.2, 0) is 6.54 Å². The van der Waals surface area contributed by atoms with Crippen LogP contribution in [0, 0.1) is 0 Å². The van der Waals surface area contributed by atoms with E-state index >= 15 is 0 Å². The van der Waals surface area contributed by atoms with Crippen molar-refractivity contribution in [3.05, 3.63) is 23.8 Å². The molecule has 1 heterocycles. The molecule has 1 aliphatic rings. The van der Waals surface area contributed by atoms with Gasteiger partial charge in [0.1, 0.15) is 0 Å². The van der Waals surface area contributed by atoms with Crippen molar-refractivity contribution >= 4 is 0 Å². The standard InChI is InChI=1S/C14H21NO3/c1-17-13-7-3-5-11(14(13)18-2)9-15-8-4-6-12(15)10-16/h3,5,7,12,16H,4,6,8-10H2,1-2H3. The summed E-state index contributed by atoms with van der Waals surface area (Å²) in [6.07, 6.45) is 2.22. The first-order chi connectivity index (χ1) is 8.80. The summed E-state index contributed by atoms with van der Waals surface area (Å²) in [5, 5.41) is 9.34. The Morgan fingerprint density at radius 1 is 1.33 bits per heavy atom. The third-order valence-corrected chi connectivity index (χ3v) is 3.57. The summed E-state index contributed by atoms with van der Waals surface area (Å²) >= 11 is 0. The Labute approximate surface area is 108 Å². The van der Waals surface area contributed by atoms with E-state index in [1.165, 1.54) is 0 Å². The molecule has 18 heavy (non-hydrogen) atoms. The molecule has 0 saturated carbocycles. The molecule has 1 unspecified atom stereocenters. The molecular formula is C14H21NO3. The van der Waals surface area contributed by atoms with Gasteiger partial charge in [0.15, 0.2) is 11.5 Å². The van der Waals surface area contributed by atoms with Crippen LogP contribution in [0.15, 0.2) is 18.2 Å². The Hall–Kier alpha value is -1.26. The van der Waals surface area contributed by atoms with Crippen molar-refractivity contribution < 1.29 is 14.6 Å². The molecule has 4 nitrogen and oxygen atoms in total. The summed E-state index contributed by atoms with van der Waals surface area (Å²) in [6, 6.07) is 6.20. The van der Waals surface area contributed by atoms with E-state index in [4.69, 9.17) is 9.47 Å². The number of hydrogen-bond acceptors (Lipinski definition) is 4. The van der Waals surface area contributed by atoms with E-state index in [1.807, 2.05) is 18.2 Å². The molecule has 1 fully saturated rings. The van der Waals surface area contributed by atoms with Gasteiger partial charge in [0, 0.05) is 18.2 Å². The average molecular weight is 251 g/mol. The van der Waals surface area contributed by atoms with Crippen LogP contribution in [0.25, 0.3) is 0 Å². The predicted octanol–water partition coefficient (Wildman–Crippen LogP) is 1.66. The summed E-state index contributed by atoms with van der Waals surface area (Å²) in [5.41, 5.74) is 1.11. The number of hydrogen-bond donors (Lipinski definition) is 1. The minimum Gasteiger partial charge on any atom is -0.493 e. The maximum absolute atomic E-state index is 9.34. The van der Waals surface area contributed by atoms with Gasteiger partial charge in [0.05, 0.1) is 20.8 Å². The molecule has 4 heteroatoms. The van der Waals surface area contributed by atoms with E-state index in [-0.39, 0.29) is 12.6 Å². The van der Waals surface area contributed by atoms with Crippen molar-refractivity contribution in [3.8, 4) is 11.5 Å². The lowest BCUT2D eigenvalue weighted by atomic mass is 10.1. The predicted molar refractivity (Wildman–Crippen MR) is 70.1 cm³/mol. The average Bonchev–Trinajstić information content (AvgIpc) is 2.85. The van der Waals surface area contributed by atoms with Gasteiger partial charge >= 0.3 is 0 Å². The maximum atomic E-state index is 9.34. The lowest BCUT2D eigenvalue weighted by Crippen LogP contribution is -2.31. The third kappa shape index (κ3) is 2.60. The van der Waals surface area contributed by atoms with E-state index < -0.39 is 0 Å². The van der Waals surface area contributed by atoms with Crippen LogP contribution in [0.3, 0.4) is 0 Å². The Morgan fingerprint density at radius 2 is 2.17 bits per heavy atom. The highest BCUT2D eigenvalue weighted by Crippen LogP contribution is 2.32.